The highest BCUT2D eigenvalue weighted by Gasteiger charge is 2.30. The van der Waals surface area contributed by atoms with E-state index < -0.39 is 17.6 Å². The highest BCUT2D eigenvalue weighted by molar-refractivity contribution is 5.95. The second-order valence-corrected chi connectivity index (χ2v) is 7.41. The molecule has 7 heteroatoms. The number of carbonyl (C=O) groups excluding carboxylic acids is 1. The molecule has 0 aliphatic heterocycles. The van der Waals surface area contributed by atoms with Gasteiger partial charge in [-0.15, -0.1) is 0 Å². The van der Waals surface area contributed by atoms with Gasteiger partial charge in [-0.05, 0) is 48.6 Å². The van der Waals surface area contributed by atoms with Crippen LogP contribution in [0.15, 0.2) is 41.3 Å². The van der Waals surface area contributed by atoms with Crippen molar-refractivity contribution in [1.82, 2.24) is 9.47 Å². The van der Waals surface area contributed by atoms with Gasteiger partial charge in [0.15, 0.2) is 0 Å². The van der Waals surface area contributed by atoms with Crippen molar-refractivity contribution in [2.75, 3.05) is 7.05 Å². The SMILES string of the molecule is Cc1ccn(CCC(C)C)c(=O)c1C(=O)N(C)Cc1cccc(C(F)(F)F)c1. The summed E-state index contributed by atoms with van der Waals surface area (Å²) >= 11 is 0. The van der Waals surface area contributed by atoms with Crippen LogP contribution in [0.2, 0.25) is 0 Å². The van der Waals surface area contributed by atoms with Crippen LogP contribution in [-0.2, 0) is 19.3 Å². The van der Waals surface area contributed by atoms with E-state index in [1.54, 1.807) is 19.2 Å². The first kappa shape index (κ1) is 21.7. The molecule has 2 rings (SSSR count). The van der Waals surface area contributed by atoms with Gasteiger partial charge in [-0.25, -0.2) is 0 Å². The Kier molecular flexibility index (Phi) is 6.69. The molecule has 0 N–H and O–H groups in total. The van der Waals surface area contributed by atoms with Crippen LogP contribution in [0.1, 0.15) is 47.3 Å². The molecule has 1 aromatic carbocycles. The molecule has 1 amide bonds. The summed E-state index contributed by atoms with van der Waals surface area (Å²) in [5, 5.41) is 0. The number of hydrogen-bond donors (Lipinski definition) is 0. The van der Waals surface area contributed by atoms with Crippen molar-refractivity contribution in [1.29, 1.82) is 0 Å². The van der Waals surface area contributed by atoms with Gasteiger partial charge in [0.25, 0.3) is 11.5 Å². The van der Waals surface area contributed by atoms with Crippen LogP contribution < -0.4 is 5.56 Å². The number of aryl methyl sites for hydroxylation is 2. The summed E-state index contributed by atoms with van der Waals surface area (Å²) in [5.74, 6) is -0.0882. The molecule has 28 heavy (non-hydrogen) atoms. The molecule has 0 saturated heterocycles. The summed E-state index contributed by atoms with van der Waals surface area (Å²) in [5.41, 5.74) is -0.189. The van der Waals surface area contributed by atoms with Gasteiger partial charge in [-0.1, -0.05) is 26.0 Å². The number of hydrogen-bond acceptors (Lipinski definition) is 2. The summed E-state index contributed by atoms with van der Waals surface area (Å²) in [4.78, 5) is 26.9. The van der Waals surface area contributed by atoms with Gasteiger partial charge >= 0.3 is 6.18 Å². The van der Waals surface area contributed by atoms with Crippen molar-refractivity contribution in [3.8, 4) is 0 Å². The lowest BCUT2D eigenvalue weighted by atomic mass is 10.1. The number of benzene rings is 1. The van der Waals surface area contributed by atoms with Crippen molar-refractivity contribution in [3.05, 3.63) is 69.1 Å². The van der Waals surface area contributed by atoms with Crippen LogP contribution in [0.5, 0.6) is 0 Å². The minimum atomic E-state index is -4.45. The van der Waals surface area contributed by atoms with E-state index in [1.807, 2.05) is 13.8 Å². The van der Waals surface area contributed by atoms with Crippen molar-refractivity contribution in [2.45, 2.75) is 46.5 Å². The first-order chi connectivity index (χ1) is 13.0. The Labute approximate surface area is 162 Å². The number of aromatic nitrogens is 1. The maximum Gasteiger partial charge on any atom is 0.416 e. The summed E-state index contributed by atoms with van der Waals surface area (Å²) in [7, 11) is 1.48. The normalized spacial score (nSPS) is 11.7. The molecule has 4 nitrogen and oxygen atoms in total. The van der Waals surface area contributed by atoms with Gasteiger partial charge in [-0.3, -0.25) is 9.59 Å². The maximum absolute atomic E-state index is 12.9. The molecule has 0 aliphatic rings. The molecule has 1 aromatic heterocycles. The molecule has 0 fully saturated rings. The molecule has 1 heterocycles. The number of nitrogens with zero attached hydrogens (tertiary/aromatic N) is 2. The number of alkyl halides is 3. The molecule has 152 valence electrons. The smallest absolute Gasteiger partial charge is 0.337 e. The number of halogens is 3. The second kappa shape index (κ2) is 8.63. The van der Waals surface area contributed by atoms with E-state index in [9.17, 15) is 22.8 Å². The summed E-state index contributed by atoms with van der Waals surface area (Å²) in [6.07, 6.45) is -1.97. The van der Waals surface area contributed by atoms with Crippen LogP contribution >= 0.6 is 0 Å². The first-order valence-electron chi connectivity index (χ1n) is 9.12. The van der Waals surface area contributed by atoms with Gasteiger partial charge in [-0.2, -0.15) is 13.2 Å². The van der Waals surface area contributed by atoms with Crippen LogP contribution in [-0.4, -0.2) is 22.4 Å². The lowest BCUT2D eigenvalue weighted by Crippen LogP contribution is -2.35. The molecule has 0 aliphatic carbocycles. The fourth-order valence-electron chi connectivity index (χ4n) is 2.88. The van der Waals surface area contributed by atoms with E-state index >= 15 is 0 Å². The summed E-state index contributed by atoms with van der Waals surface area (Å²) < 4.78 is 40.2. The van der Waals surface area contributed by atoms with E-state index in [0.29, 0.717) is 23.6 Å². The Morgan fingerprint density at radius 2 is 1.89 bits per heavy atom. The average molecular weight is 394 g/mol. The highest BCUT2D eigenvalue weighted by Crippen LogP contribution is 2.29. The second-order valence-electron chi connectivity index (χ2n) is 7.41. The first-order valence-corrected chi connectivity index (χ1v) is 9.12. The Hall–Kier alpha value is -2.57. The zero-order chi connectivity index (χ0) is 21.1. The maximum atomic E-state index is 12.9. The Bertz CT molecular complexity index is 901. The molecule has 2 aromatic rings. The van der Waals surface area contributed by atoms with Gasteiger partial charge in [0.2, 0.25) is 0 Å². The predicted molar refractivity (Wildman–Crippen MR) is 102 cm³/mol. The Balaban J connectivity index is 2.26. The van der Waals surface area contributed by atoms with Crippen molar-refractivity contribution < 1.29 is 18.0 Å². The Morgan fingerprint density at radius 1 is 1.21 bits per heavy atom. The predicted octanol–water partition coefficient (Wildman–Crippen LogP) is 4.49. The molecule has 0 saturated carbocycles. The standard InChI is InChI=1S/C21H25F3N2O2/c1-14(2)8-10-26-11-9-15(3)18(20(26)28)19(27)25(4)13-16-6-5-7-17(12-16)21(22,23)24/h5-7,9,11-12,14H,8,10,13H2,1-4H3. The molecule has 0 radical (unpaired) electrons. The zero-order valence-electron chi connectivity index (χ0n) is 16.5. The third-order valence-electron chi connectivity index (χ3n) is 4.56. The lowest BCUT2D eigenvalue weighted by Gasteiger charge is -2.20. The van der Waals surface area contributed by atoms with Crippen molar-refractivity contribution >= 4 is 5.91 Å². The third kappa shape index (κ3) is 5.24. The molecule has 0 atom stereocenters. The molecule has 0 unspecified atom stereocenters. The van der Waals surface area contributed by atoms with E-state index in [4.69, 9.17) is 0 Å². The van der Waals surface area contributed by atoms with Crippen molar-refractivity contribution in [3.63, 3.8) is 0 Å². The highest BCUT2D eigenvalue weighted by atomic mass is 19.4. The monoisotopic (exact) mass is 394 g/mol. The van der Waals surface area contributed by atoms with E-state index in [0.717, 1.165) is 18.6 Å². The largest absolute Gasteiger partial charge is 0.416 e. The third-order valence-corrected chi connectivity index (χ3v) is 4.56. The van der Waals surface area contributed by atoms with Crippen molar-refractivity contribution in [2.24, 2.45) is 5.92 Å². The topological polar surface area (TPSA) is 42.3 Å². The fraction of sp³-hybridized carbons (Fsp3) is 0.429. The van der Waals surface area contributed by atoms with Gasteiger partial charge in [0, 0.05) is 26.3 Å². The lowest BCUT2D eigenvalue weighted by molar-refractivity contribution is -0.137. The summed E-state index contributed by atoms with van der Waals surface area (Å²) in [6.45, 7) is 6.26. The zero-order valence-corrected chi connectivity index (χ0v) is 16.5. The quantitative estimate of drug-likeness (QED) is 0.724. The number of rotatable bonds is 6. The van der Waals surface area contributed by atoms with Crippen LogP contribution in [0.3, 0.4) is 0 Å². The number of carbonyl (C=O) groups is 1. The number of pyridine rings is 1. The number of amides is 1. The fourth-order valence-corrected chi connectivity index (χ4v) is 2.88. The van der Waals surface area contributed by atoms with E-state index in [1.165, 1.54) is 28.6 Å². The molecular formula is C21H25F3N2O2. The van der Waals surface area contributed by atoms with Crippen LogP contribution in [0.25, 0.3) is 0 Å². The average Bonchev–Trinajstić information content (AvgIpc) is 2.60. The molecular weight excluding hydrogens is 369 g/mol. The minimum absolute atomic E-state index is 0.0253. The van der Waals surface area contributed by atoms with Gasteiger partial charge in [0.05, 0.1) is 5.56 Å². The van der Waals surface area contributed by atoms with Crippen LogP contribution in [0, 0.1) is 12.8 Å². The molecule has 0 bridgehead atoms. The minimum Gasteiger partial charge on any atom is -0.337 e. The van der Waals surface area contributed by atoms with E-state index in [-0.39, 0.29) is 17.7 Å². The Morgan fingerprint density at radius 3 is 2.50 bits per heavy atom. The summed E-state index contributed by atoms with van der Waals surface area (Å²) in [6, 6.07) is 6.55. The molecule has 0 spiro atoms. The van der Waals surface area contributed by atoms with E-state index in [2.05, 4.69) is 0 Å². The van der Waals surface area contributed by atoms with Gasteiger partial charge in [0.1, 0.15) is 5.56 Å². The van der Waals surface area contributed by atoms with Gasteiger partial charge < -0.3 is 9.47 Å². The van der Waals surface area contributed by atoms with Crippen LogP contribution in [0.4, 0.5) is 13.2 Å².